The molecule has 0 saturated heterocycles. The molecule has 1 saturated carbocycles. The number of thiophene rings is 1. The highest BCUT2D eigenvalue weighted by molar-refractivity contribution is 7.10. The van der Waals surface area contributed by atoms with Crippen LogP contribution in [0.5, 0.6) is 0 Å². The fraction of sp³-hybridized carbons (Fsp3) is 0.667. The Morgan fingerprint density at radius 1 is 1.57 bits per heavy atom. The van der Waals surface area contributed by atoms with Crippen molar-refractivity contribution in [2.75, 3.05) is 13.7 Å². The largest absolute Gasteiger partial charge is 0.386 e. The Labute approximate surface area is 129 Å². The van der Waals surface area contributed by atoms with Crippen molar-refractivity contribution >= 4 is 17.4 Å². The van der Waals surface area contributed by atoms with E-state index in [0.29, 0.717) is 0 Å². The molecule has 1 aliphatic rings. The highest BCUT2D eigenvalue weighted by Crippen LogP contribution is 2.51. The second-order valence-corrected chi connectivity index (χ2v) is 7.28. The van der Waals surface area contributed by atoms with Gasteiger partial charge in [-0.2, -0.15) is 0 Å². The maximum atomic E-state index is 11.9. The number of methoxy groups -OCH3 is 1. The first-order valence-electron chi connectivity index (χ1n) is 7.11. The number of ether oxygens (including phenoxy) is 1. The number of amides is 2. The molecule has 0 bridgehead atoms. The summed E-state index contributed by atoms with van der Waals surface area (Å²) in [5, 5.41) is 17.5. The van der Waals surface area contributed by atoms with Gasteiger partial charge in [0.2, 0.25) is 0 Å². The SMILES string of the molecule is COC1(C)CC(NC(=O)NCC(O)c2cccs2)C1(C)C. The van der Waals surface area contributed by atoms with Gasteiger partial charge in [-0.05, 0) is 24.8 Å². The molecule has 2 rings (SSSR count). The summed E-state index contributed by atoms with van der Waals surface area (Å²) in [5.74, 6) is 0. The van der Waals surface area contributed by atoms with Gasteiger partial charge in [-0.3, -0.25) is 0 Å². The fourth-order valence-electron chi connectivity index (χ4n) is 2.70. The molecule has 21 heavy (non-hydrogen) atoms. The molecule has 0 spiro atoms. The maximum absolute atomic E-state index is 11.9. The number of aliphatic hydroxyl groups excluding tert-OH is 1. The zero-order valence-electron chi connectivity index (χ0n) is 13.0. The summed E-state index contributed by atoms with van der Waals surface area (Å²) < 4.78 is 5.54. The van der Waals surface area contributed by atoms with Crippen LogP contribution in [0.3, 0.4) is 0 Å². The number of hydrogen-bond donors (Lipinski definition) is 3. The molecular weight excluding hydrogens is 288 g/mol. The molecule has 3 unspecified atom stereocenters. The number of rotatable bonds is 5. The van der Waals surface area contributed by atoms with E-state index >= 15 is 0 Å². The van der Waals surface area contributed by atoms with Gasteiger partial charge in [0.1, 0.15) is 6.10 Å². The smallest absolute Gasteiger partial charge is 0.315 e. The number of hydrogen-bond acceptors (Lipinski definition) is 4. The number of aliphatic hydroxyl groups is 1. The second kappa shape index (κ2) is 5.94. The number of carbonyl (C=O) groups excluding carboxylic acids is 1. The Bertz CT molecular complexity index is 489. The molecule has 2 amide bonds. The summed E-state index contributed by atoms with van der Waals surface area (Å²) in [5.41, 5.74) is -0.327. The first kappa shape index (κ1) is 16.3. The predicted molar refractivity (Wildman–Crippen MR) is 83.4 cm³/mol. The molecule has 0 aliphatic heterocycles. The Morgan fingerprint density at radius 2 is 2.29 bits per heavy atom. The van der Waals surface area contributed by atoms with Crippen molar-refractivity contribution in [3.63, 3.8) is 0 Å². The molecule has 5 nitrogen and oxygen atoms in total. The Hall–Kier alpha value is -1.11. The summed E-state index contributed by atoms with van der Waals surface area (Å²) in [7, 11) is 1.70. The van der Waals surface area contributed by atoms with Crippen LogP contribution < -0.4 is 10.6 Å². The topological polar surface area (TPSA) is 70.6 Å². The van der Waals surface area contributed by atoms with Crippen LogP contribution >= 0.6 is 11.3 Å². The van der Waals surface area contributed by atoms with E-state index in [-0.39, 0.29) is 29.6 Å². The molecule has 0 aromatic carbocycles. The van der Waals surface area contributed by atoms with Crippen molar-refractivity contribution in [1.82, 2.24) is 10.6 Å². The van der Waals surface area contributed by atoms with Gasteiger partial charge >= 0.3 is 6.03 Å². The summed E-state index contributed by atoms with van der Waals surface area (Å²) >= 11 is 1.48. The number of carbonyl (C=O) groups is 1. The van der Waals surface area contributed by atoms with Crippen LogP contribution in [0.25, 0.3) is 0 Å². The normalized spacial score (nSPS) is 28.5. The molecular formula is C15H24N2O3S. The van der Waals surface area contributed by atoms with Crippen LogP contribution in [0.1, 0.15) is 38.2 Å². The lowest BCUT2D eigenvalue weighted by Crippen LogP contribution is -2.69. The Balaban J connectivity index is 1.79. The number of urea groups is 1. The Morgan fingerprint density at radius 3 is 2.81 bits per heavy atom. The molecule has 0 radical (unpaired) electrons. The summed E-state index contributed by atoms with van der Waals surface area (Å²) in [6, 6.07) is 3.56. The first-order valence-corrected chi connectivity index (χ1v) is 7.99. The van der Waals surface area contributed by atoms with Crippen molar-refractivity contribution < 1.29 is 14.6 Å². The van der Waals surface area contributed by atoms with Gasteiger partial charge in [-0.25, -0.2) is 4.79 Å². The highest BCUT2D eigenvalue weighted by atomic mass is 32.1. The van der Waals surface area contributed by atoms with E-state index in [1.165, 1.54) is 11.3 Å². The van der Waals surface area contributed by atoms with E-state index in [9.17, 15) is 9.90 Å². The molecule has 6 heteroatoms. The summed E-state index contributed by atoms with van der Waals surface area (Å²) in [6.45, 7) is 6.45. The minimum Gasteiger partial charge on any atom is -0.386 e. The number of nitrogens with one attached hydrogen (secondary N) is 2. The van der Waals surface area contributed by atoms with Gasteiger partial charge in [0.15, 0.2) is 0 Å². The van der Waals surface area contributed by atoms with Gasteiger partial charge in [-0.15, -0.1) is 11.3 Å². The molecule has 118 valence electrons. The van der Waals surface area contributed by atoms with Crippen molar-refractivity contribution in [2.45, 2.75) is 44.9 Å². The van der Waals surface area contributed by atoms with Crippen molar-refractivity contribution in [3.05, 3.63) is 22.4 Å². The third-order valence-corrected chi connectivity index (χ3v) is 5.88. The van der Waals surface area contributed by atoms with Crippen LogP contribution in [-0.4, -0.2) is 36.4 Å². The third-order valence-electron chi connectivity index (χ3n) is 4.91. The van der Waals surface area contributed by atoms with Gasteiger partial charge in [0, 0.05) is 23.4 Å². The molecule has 1 aromatic rings. The lowest BCUT2D eigenvalue weighted by atomic mass is 9.56. The molecule has 1 aliphatic carbocycles. The first-order chi connectivity index (χ1) is 9.80. The van der Waals surface area contributed by atoms with Crippen molar-refractivity contribution in [3.8, 4) is 0 Å². The van der Waals surface area contributed by atoms with E-state index in [4.69, 9.17) is 4.74 Å². The average molecular weight is 312 g/mol. The molecule has 3 N–H and O–H groups in total. The summed E-state index contributed by atoms with van der Waals surface area (Å²) in [6.07, 6.45) is 0.131. The highest BCUT2D eigenvalue weighted by Gasteiger charge is 2.58. The minimum absolute atomic E-state index is 0.0707. The minimum atomic E-state index is -0.658. The van der Waals surface area contributed by atoms with E-state index < -0.39 is 6.10 Å². The van der Waals surface area contributed by atoms with Gasteiger partial charge in [0.05, 0.1) is 12.1 Å². The zero-order chi connectivity index (χ0) is 15.7. The molecule has 1 fully saturated rings. The molecule has 1 heterocycles. The zero-order valence-corrected chi connectivity index (χ0v) is 13.8. The van der Waals surface area contributed by atoms with E-state index in [1.807, 2.05) is 17.5 Å². The lowest BCUT2D eigenvalue weighted by molar-refractivity contribution is -0.177. The predicted octanol–water partition coefficient (Wildman–Crippen LogP) is 2.28. The fourth-order valence-corrected chi connectivity index (χ4v) is 3.41. The van der Waals surface area contributed by atoms with Crippen LogP contribution in [0.2, 0.25) is 0 Å². The quantitative estimate of drug-likeness (QED) is 0.781. The van der Waals surface area contributed by atoms with E-state index in [0.717, 1.165) is 11.3 Å². The third kappa shape index (κ3) is 3.07. The van der Waals surface area contributed by atoms with Gasteiger partial charge in [-0.1, -0.05) is 19.9 Å². The molecule has 3 atom stereocenters. The van der Waals surface area contributed by atoms with Crippen LogP contribution in [0, 0.1) is 5.41 Å². The van der Waals surface area contributed by atoms with E-state index in [1.54, 1.807) is 7.11 Å². The van der Waals surface area contributed by atoms with Crippen molar-refractivity contribution in [1.29, 1.82) is 0 Å². The average Bonchev–Trinajstić information content (AvgIpc) is 2.98. The van der Waals surface area contributed by atoms with Gasteiger partial charge < -0.3 is 20.5 Å². The van der Waals surface area contributed by atoms with Crippen LogP contribution in [-0.2, 0) is 4.74 Å². The van der Waals surface area contributed by atoms with Gasteiger partial charge in [0.25, 0.3) is 0 Å². The standard InChI is InChI=1S/C15H24N2O3S/c1-14(2)12(8-15(14,3)20-4)17-13(19)16-9-10(18)11-6-5-7-21-11/h5-7,10,12,18H,8-9H2,1-4H3,(H2,16,17,19). The van der Waals surface area contributed by atoms with Crippen LogP contribution in [0.15, 0.2) is 17.5 Å². The van der Waals surface area contributed by atoms with E-state index in [2.05, 4.69) is 31.4 Å². The van der Waals surface area contributed by atoms with Crippen LogP contribution in [0.4, 0.5) is 4.79 Å². The molecule has 1 aromatic heterocycles. The maximum Gasteiger partial charge on any atom is 0.315 e. The Kier molecular flexibility index (Phi) is 4.60. The lowest BCUT2D eigenvalue weighted by Gasteiger charge is -2.59. The monoisotopic (exact) mass is 312 g/mol. The summed E-state index contributed by atoms with van der Waals surface area (Å²) in [4.78, 5) is 12.8. The second-order valence-electron chi connectivity index (χ2n) is 6.30. The van der Waals surface area contributed by atoms with Crippen molar-refractivity contribution in [2.24, 2.45) is 5.41 Å².